The van der Waals surface area contributed by atoms with Crippen LogP contribution in [-0.4, -0.2) is 18.7 Å². The van der Waals surface area contributed by atoms with Gasteiger partial charge >= 0.3 is 0 Å². The molecule has 4 aromatic heterocycles. The molecule has 0 bridgehead atoms. The zero-order chi connectivity index (χ0) is 41.6. The van der Waals surface area contributed by atoms with Crippen molar-refractivity contribution in [3.63, 3.8) is 0 Å². The van der Waals surface area contributed by atoms with E-state index in [9.17, 15) is 0 Å². The van der Waals surface area contributed by atoms with Crippen LogP contribution in [0.15, 0.2) is 182 Å². The van der Waals surface area contributed by atoms with Crippen LogP contribution >= 0.6 is 11.3 Å². The molecule has 12 aromatic rings. The topological polar surface area (TPSA) is 27.7 Å². The highest BCUT2D eigenvalue weighted by atomic mass is 32.1. The second-order valence-corrected chi connectivity index (χ2v) is 18.2. The number of thiophene rings is 1. The van der Waals surface area contributed by atoms with Gasteiger partial charge in [0.25, 0.3) is 0 Å². The predicted molar refractivity (Wildman–Crippen MR) is 264 cm³/mol. The third-order valence-electron chi connectivity index (χ3n) is 12.9. The van der Waals surface area contributed by atoms with Crippen molar-refractivity contribution in [1.82, 2.24) is 18.7 Å². The summed E-state index contributed by atoms with van der Waals surface area (Å²) in [4.78, 5) is 4.92. The molecule has 62 heavy (non-hydrogen) atoms. The van der Waals surface area contributed by atoms with E-state index in [1.165, 1.54) is 97.4 Å². The van der Waals surface area contributed by atoms with E-state index in [0.29, 0.717) is 0 Å². The number of benzene rings is 8. The van der Waals surface area contributed by atoms with E-state index in [0.717, 1.165) is 17.1 Å². The number of para-hydroxylation sites is 4. The highest BCUT2D eigenvalue weighted by Crippen LogP contribution is 2.46. The molecule has 12 rings (SSSR count). The van der Waals surface area contributed by atoms with Crippen molar-refractivity contribution in [3.05, 3.63) is 193 Å². The summed E-state index contributed by atoms with van der Waals surface area (Å²) in [6.45, 7) is 9.30. The molecular formula is C57H44N4S. The van der Waals surface area contributed by atoms with Gasteiger partial charge in [-0.15, -0.1) is 11.3 Å². The monoisotopic (exact) mass is 816 g/mol. The minimum atomic E-state index is 0.265. The number of fused-ring (bicyclic) bond motifs is 9. The van der Waals surface area contributed by atoms with E-state index in [-0.39, 0.29) is 11.8 Å². The number of hydrogen-bond donors (Lipinski definition) is 0. The van der Waals surface area contributed by atoms with E-state index in [4.69, 9.17) is 4.98 Å². The Labute approximate surface area is 364 Å². The fourth-order valence-corrected chi connectivity index (χ4v) is 11.2. The smallest absolute Gasteiger partial charge is 0.144 e. The van der Waals surface area contributed by atoms with Crippen molar-refractivity contribution >= 4 is 75.1 Å². The molecule has 0 spiro atoms. The first-order valence-electron chi connectivity index (χ1n) is 21.7. The molecule has 0 aliphatic rings. The van der Waals surface area contributed by atoms with E-state index in [2.05, 4.69) is 217 Å². The maximum atomic E-state index is 4.92. The normalized spacial score (nSPS) is 12.2. The zero-order valence-electron chi connectivity index (χ0n) is 35.2. The van der Waals surface area contributed by atoms with Gasteiger partial charge in [-0.25, -0.2) is 4.98 Å². The molecule has 0 saturated carbocycles. The largest absolute Gasteiger partial charge is 0.309 e. The fourth-order valence-electron chi connectivity index (χ4n) is 10.0. The molecule has 0 radical (unpaired) electrons. The van der Waals surface area contributed by atoms with Crippen LogP contribution in [0.1, 0.15) is 50.7 Å². The molecule has 0 amide bonds. The van der Waals surface area contributed by atoms with Crippen molar-refractivity contribution in [2.45, 2.75) is 39.5 Å². The summed E-state index contributed by atoms with van der Waals surface area (Å²) in [7, 11) is 0. The van der Waals surface area contributed by atoms with Gasteiger partial charge in [0.1, 0.15) is 5.82 Å². The van der Waals surface area contributed by atoms with Gasteiger partial charge in [-0.1, -0.05) is 131 Å². The van der Waals surface area contributed by atoms with E-state index >= 15 is 0 Å². The Morgan fingerprint density at radius 1 is 0.452 bits per heavy atom. The van der Waals surface area contributed by atoms with Gasteiger partial charge in [0.05, 0.1) is 27.8 Å². The van der Waals surface area contributed by atoms with Gasteiger partial charge in [-0.2, -0.15) is 0 Å². The standard InChI is InChI=1S/C57H44N4S/c1-35(2)45-30-38(31-46(36(3)4)55(45)59-29-28-58-57(59)37-16-6-5-7-17-37)47-33-40(61-52-24-14-10-20-43(52)44-21-11-15-25-53(44)61)34-49-48-32-39(26-27-54(48)62-56(47)49)60-50-22-12-8-18-41(50)42-19-9-13-23-51(42)60/h5-36H,1-4H3. The Kier molecular flexibility index (Phi) is 8.38. The number of nitrogens with zero attached hydrogens (tertiary/aromatic N) is 4. The fraction of sp³-hybridized carbons (Fsp3) is 0.105. The van der Waals surface area contributed by atoms with Crippen LogP contribution in [-0.2, 0) is 0 Å². The second kappa shape index (κ2) is 14.2. The number of aromatic nitrogens is 4. The molecule has 0 aliphatic carbocycles. The molecule has 4 heterocycles. The SMILES string of the molecule is CC(C)c1cc(-c2cc(-n3c4ccccc4c4ccccc43)cc3c2sc2ccc(-n4c5ccccc5c5ccccc54)cc23)cc(C(C)C)c1-n1ccnc1-c1ccccc1. The van der Waals surface area contributed by atoms with Gasteiger partial charge in [0, 0.05) is 76.6 Å². The predicted octanol–water partition coefficient (Wildman–Crippen LogP) is 16.0. The van der Waals surface area contributed by atoms with Gasteiger partial charge in [0.2, 0.25) is 0 Å². The van der Waals surface area contributed by atoms with Crippen LogP contribution in [0.2, 0.25) is 0 Å². The number of imidazole rings is 1. The van der Waals surface area contributed by atoms with Crippen molar-refractivity contribution in [3.8, 4) is 39.6 Å². The minimum Gasteiger partial charge on any atom is -0.309 e. The van der Waals surface area contributed by atoms with E-state index < -0.39 is 0 Å². The molecule has 298 valence electrons. The zero-order valence-corrected chi connectivity index (χ0v) is 36.0. The highest BCUT2D eigenvalue weighted by Gasteiger charge is 2.24. The van der Waals surface area contributed by atoms with Crippen LogP contribution < -0.4 is 0 Å². The van der Waals surface area contributed by atoms with Crippen LogP contribution in [0.3, 0.4) is 0 Å². The third kappa shape index (κ3) is 5.55. The Hall–Kier alpha value is -7.21. The summed E-state index contributed by atoms with van der Waals surface area (Å²) in [5, 5.41) is 7.60. The summed E-state index contributed by atoms with van der Waals surface area (Å²) < 4.78 is 9.82. The summed E-state index contributed by atoms with van der Waals surface area (Å²) in [6.07, 6.45) is 4.07. The van der Waals surface area contributed by atoms with Crippen LogP contribution in [0.25, 0.3) is 103 Å². The maximum absolute atomic E-state index is 4.92. The lowest BCUT2D eigenvalue weighted by atomic mass is 9.87. The third-order valence-corrected chi connectivity index (χ3v) is 14.1. The van der Waals surface area contributed by atoms with Crippen LogP contribution in [0.4, 0.5) is 0 Å². The van der Waals surface area contributed by atoms with Crippen molar-refractivity contribution in [1.29, 1.82) is 0 Å². The molecule has 0 atom stereocenters. The van der Waals surface area contributed by atoms with Crippen LogP contribution in [0.5, 0.6) is 0 Å². The van der Waals surface area contributed by atoms with Gasteiger partial charge in [-0.05, 0) is 95.3 Å². The summed E-state index contributed by atoms with van der Waals surface area (Å²) in [6, 6.07) is 62.8. The molecule has 0 unspecified atom stereocenters. The Morgan fingerprint density at radius 2 is 0.952 bits per heavy atom. The average molecular weight is 817 g/mol. The molecule has 4 nitrogen and oxygen atoms in total. The summed E-state index contributed by atoms with van der Waals surface area (Å²) in [5.41, 5.74) is 14.6. The lowest BCUT2D eigenvalue weighted by Gasteiger charge is -2.24. The Bertz CT molecular complexity index is 3570. The molecule has 0 saturated heterocycles. The maximum Gasteiger partial charge on any atom is 0.144 e. The van der Waals surface area contributed by atoms with Gasteiger partial charge < -0.3 is 9.13 Å². The lowest BCUT2D eigenvalue weighted by molar-refractivity contribution is 0.807. The summed E-state index contributed by atoms with van der Waals surface area (Å²) >= 11 is 1.91. The minimum absolute atomic E-state index is 0.265. The van der Waals surface area contributed by atoms with Crippen molar-refractivity contribution in [2.24, 2.45) is 0 Å². The molecule has 0 fully saturated rings. The van der Waals surface area contributed by atoms with Crippen LogP contribution in [0, 0.1) is 0 Å². The molecule has 5 heteroatoms. The first-order chi connectivity index (χ1) is 30.4. The Morgan fingerprint density at radius 3 is 1.50 bits per heavy atom. The average Bonchev–Trinajstić information content (AvgIpc) is 4.10. The molecular weight excluding hydrogens is 773 g/mol. The molecule has 8 aromatic carbocycles. The lowest BCUT2D eigenvalue weighted by Crippen LogP contribution is -2.09. The van der Waals surface area contributed by atoms with Gasteiger partial charge in [0.15, 0.2) is 0 Å². The quantitative estimate of drug-likeness (QED) is 0.157. The highest BCUT2D eigenvalue weighted by molar-refractivity contribution is 7.26. The first-order valence-corrected chi connectivity index (χ1v) is 22.5. The van der Waals surface area contributed by atoms with Crippen molar-refractivity contribution in [2.75, 3.05) is 0 Å². The number of hydrogen-bond acceptors (Lipinski definition) is 2. The van der Waals surface area contributed by atoms with Crippen molar-refractivity contribution < 1.29 is 0 Å². The van der Waals surface area contributed by atoms with Gasteiger partial charge in [-0.3, -0.25) is 4.57 Å². The first kappa shape index (κ1) is 36.6. The molecule has 0 aliphatic heterocycles. The summed E-state index contributed by atoms with van der Waals surface area (Å²) in [5.74, 6) is 1.49. The Balaban J connectivity index is 1.16. The van der Waals surface area contributed by atoms with E-state index in [1.807, 2.05) is 17.5 Å². The second-order valence-electron chi connectivity index (χ2n) is 17.2. The molecule has 0 N–H and O–H groups in total. The van der Waals surface area contributed by atoms with E-state index in [1.54, 1.807) is 0 Å². The number of rotatable bonds is 7.